The van der Waals surface area contributed by atoms with Gasteiger partial charge in [-0.3, -0.25) is 9.80 Å². The zero-order valence-electron chi connectivity index (χ0n) is 16.6. The molecule has 3 rings (SSSR count). The van der Waals surface area contributed by atoms with Gasteiger partial charge in [0.25, 0.3) is 0 Å². The van der Waals surface area contributed by atoms with E-state index in [4.69, 9.17) is 32.7 Å². The number of hydrogen-bond acceptors (Lipinski definition) is 5. The monoisotopic (exact) mass is 437 g/mol. The maximum absolute atomic E-state index is 10.3. The second-order valence-corrected chi connectivity index (χ2v) is 7.92. The Labute approximate surface area is 182 Å². The van der Waals surface area contributed by atoms with Crippen LogP contribution < -0.4 is 9.47 Å². The second-order valence-electron chi connectivity index (χ2n) is 7.08. The molecule has 2 aromatic carbocycles. The first-order chi connectivity index (χ1) is 14.0. The van der Waals surface area contributed by atoms with E-state index in [2.05, 4.69) is 16.3 Å². The van der Waals surface area contributed by atoms with Crippen LogP contribution in [0.1, 0.15) is 5.56 Å². The van der Waals surface area contributed by atoms with Gasteiger partial charge in [0.05, 0.1) is 7.11 Å². The number of aliphatic hydroxyl groups is 1. The number of ether oxygens (including phenoxy) is 2. The number of aliphatic hydroxyl groups excluding tert-OH is 1. The molecule has 1 unspecified atom stereocenters. The summed E-state index contributed by atoms with van der Waals surface area (Å²) in [6.07, 6.45) is 0.315. The van der Waals surface area contributed by atoms with Crippen LogP contribution in [-0.4, -0.2) is 67.5 Å². The highest BCUT2D eigenvalue weighted by Gasteiger charge is 2.20. The van der Waals surface area contributed by atoms with E-state index < -0.39 is 6.10 Å². The Bertz CT molecular complexity index is 782. The van der Waals surface area contributed by atoms with Gasteiger partial charge in [-0.05, 0) is 36.2 Å². The molecule has 1 heterocycles. The smallest absolute Gasteiger partial charge is 0.161 e. The molecule has 5 nitrogen and oxygen atoms in total. The first-order valence-corrected chi connectivity index (χ1v) is 10.5. The highest BCUT2D eigenvalue weighted by atomic mass is 35.5. The molecule has 0 aliphatic carbocycles. The van der Waals surface area contributed by atoms with Crippen molar-refractivity contribution in [2.75, 3.05) is 46.4 Å². The number of nitrogens with zero attached hydrogens (tertiary/aromatic N) is 2. The lowest BCUT2D eigenvalue weighted by atomic mass is 10.1. The van der Waals surface area contributed by atoms with Crippen LogP contribution in [0.3, 0.4) is 0 Å². The molecule has 0 spiro atoms. The van der Waals surface area contributed by atoms with Gasteiger partial charge in [0, 0.05) is 49.3 Å². The maximum atomic E-state index is 10.3. The normalized spacial score (nSPS) is 16.6. The number of benzene rings is 2. The molecule has 1 N–H and O–H groups in total. The van der Waals surface area contributed by atoms with Crippen molar-refractivity contribution in [2.24, 2.45) is 0 Å². The fourth-order valence-corrected chi connectivity index (χ4v) is 3.82. The third-order valence-corrected chi connectivity index (χ3v) is 5.54. The van der Waals surface area contributed by atoms with Crippen molar-refractivity contribution in [3.8, 4) is 11.5 Å². The van der Waals surface area contributed by atoms with E-state index in [1.54, 1.807) is 13.2 Å². The summed E-state index contributed by atoms with van der Waals surface area (Å²) in [4.78, 5) is 4.53. The highest BCUT2D eigenvalue weighted by molar-refractivity contribution is 6.35. The van der Waals surface area contributed by atoms with Crippen LogP contribution in [0.4, 0.5) is 0 Å². The van der Waals surface area contributed by atoms with E-state index in [9.17, 15) is 5.11 Å². The Morgan fingerprint density at radius 2 is 1.90 bits per heavy atom. The van der Waals surface area contributed by atoms with E-state index in [0.717, 1.165) is 38.2 Å². The fourth-order valence-electron chi connectivity index (χ4n) is 3.32. The second kappa shape index (κ2) is 11.0. The molecule has 1 saturated heterocycles. The summed E-state index contributed by atoms with van der Waals surface area (Å²) in [7, 11) is 1.61. The molecule has 0 bridgehead atoms. The van der Waals surface area contributed by atoms with Crippen molar-refractivity contribution in [3.05, 3.63) is 64.6 Å². The third-order valence-electron chi connectivity index (χ3n) is 4.95. The number of rotatable bonds is 9. The van der Waals surface area contributed by atoms with Gasteiger partial charge in [-0.25, -0.2) is 0 Å². The Morgan fingerprint density at radius 3 is 2.59 bits per heavy atom. The Kier molecular flexibility index (Phi) is 8.45. The predicted molar refractivity (Wildman–Crippen MR) is 117 cm³/mol. The van der Waals surface area contributed by atoms with Crippen molar-refractivity contribution in [2.45, 2.75) is 12.5 Å². The van der Waals surface area contributed by atoms with Crippen LogP contribution in [0.2, 0.25) is 10.0 Å². The third kappa shape index (κ3) is 6.76. The standard InChI is InChI=1S/C22H27Cl2N2O3/c1-28-21-4-2-3-5-22(21)29-16-19(27)15-26-12-10-25(11-13-26)9-8-17-6-7-18(23)14-20(17)24/h2-7,10,14,19,27H,8-9,11-13,15-16H2,1H3. The van der Waals surface area contributed by atoms with Crippen molar-refractivity contribution in [1.82, 2.24) is 9.80 Å². The van der Waals surface area contributed by atoms with Crippen LogP contribution in [0.25, 0.3) is 0 Å². The largest absolute Gasteiger partial charge is 0.493 e. The quantitative estimate of drug-likeness (QED) is 0.646. The maximum Gasteiger partial charge on any atom is 0.161 e. The Hall–Kier alpha value is -1.50. The van der Waals surface area contributed by atoms with E-state index in [1.807, 2.05) is 36.4 Å². The number of halogens is 2. The van der Waals surface area contributed by atoms with Crippen molar-refractivity contribution < 1.29 is 14.6 Å². The van der Waals surface area contributed by atoms with Crippen LogP contribution in [-0.2, 0) is 6.42 Å². The molecule has 2 aromatic rings. The van der Waals surface area contributed by atoms with Gasteiger partial charge in [-0.15, -0.1) is 0 Å². The summed E-state index contributed by atoms with van der Waals surface area (Å²) in [5, 5.41) is 11.7. The highest BCUT2D eigenvalue weighted by Crippen LogP contribution is 2.26. The molecule has 1 radical (unpaired) electrons. The zero-order chi connectivity index (χ0) is 20.6. The molecule has 1 atom stereocenters. The number of piperazine rings is 1. The lowest BCUT2D eigenvalue weighted by Gasteiger charge is -2.35. The molecule has 0 aromatic heterocycles. The topological polar surface area (TPSA) is 45.2 Å². The van der Waals surface area contributed by atoms with Gasteiger partial charge in [-0.2, -0.15) is 0 Å². The van der Waals surface area contributed by atoms with E-state index in [0.29, 0.717) is 28.1 Å². The van der Waals surface area contributed by atoms with E-state index in [1.165, 1.54) is 0 Å². The van der Waals surface area contributed by atoms with Gasteiger partial charge >= 0.3 is 0 Å². The molecule has 1 aliphatic rings. The zero-order valence-corrected chi connectivity index (χ0v) is 18.1. The van der Waals surface area contributed by atoms with Gasteiger partial charge in [-0.1, -0.05) is 41.4 Å². The predicted octanol–water partition coefficient (Wildman–Crippen LogP) is 3.76. The van der Waals surface area contributed by atoms with Gasteiger partial charge < -0.3 is 14.6 Å². The summed E-state index contributed by atoms with van der Waals surface area (Å²) in [5.41, 5.74) is 1.11. The summed E-state index contributed by atoms with van der Waals surface area (Å²) in [5.74, 6) is 1.31. The molecule has 1 aliphatic heterocycles. The van der Waals surface area contributed by atoms with E-state index >= 15 is 0 Å². The molecule has 29 heavy (non-hydrogen) atoms. The molecular weight excluding hydrogens is 411 g/mol. The minimum atomic E-state index is -0.562. The number of hydrogen-bond donors (Lipinski definition) is 1. The minimum Gasteiger partial charge on any atom is -0.493 e. The minimum absolute atomic E-state index is 0.232. The van der Waals surface area contributed by atoms with Crippen LogP contribution in [0.5, 0.6) is 11.5 Å². The number of β-amino-alcohol motifs (C(OH)–C–C–N with tert-alkyl or cyclic N) is 1. The van der Waals surface area contributed by atoms with E-state index in [-0.39, 0.29) is 6.61 Å². The number of para-hydroxylation sites is 2. The van der Waals surface area contributed by atoms with Gasteiger partial charge in [0.1, 0.15) is 12.7 Å². The molecule has 0 amide bonds. The van der Waals surface area contributed by atoms with Gasteiger partial charge in [0.2, 0.25) is 0 Å². The molecule has 7 heteroatoms. The first kappa shape index (κ1) is 22.2. The summed E-state index contributed by atoms with van der Waals surface area (Å²) in [6, 6.07) is 13.1. The summed E-state index contributed by atoms with van der Waals surface area (Å²) >= 11 is 12.2. The molecule has 0 saturated carbocycles. The summed E-state index contributed by atoms with van der Waals surface area (Å²) < 4.78 is 11.0. The Balaban J connectivity index is 1.37. The average Bonchev–Trinajstić information content (AvgIpc) is 2.73. The van der Waals surface area contributed by atoms with Crippen LogP contribution in [0.15, 0.2) is 42.5 Å². The molecular formula is C22H27Cl2N2O3. The summed E-state index contributed by atoms with van der Waals surface area (Å²) in [6.45, 7) is 6.52. The number of methoxy groups -OCH3 is 1. The van der Waals surface area contributed by atoms with Crippen molar-refractivity contribution >= 4 is 23.2 Å². The lowest BCUT2D eigenvalue weighted by molar-refractivity contribution is 0.0552. The van der Waals surface area contributed by atoms with Crippen LogP contribution in [0, 0.1) is 6.54 Å². The lowest BCUT2D eigenvalue weighted by Crippen LogP contribution is -2.47. The van der Waals surface area contributed by atoms with Crippen molar-refractivity contribution in [1.29, 1.82) is 0 Å². The van der Waals surface area contributed by atoms with Crippen molar-refractivity contribution in [3.63, 3.8) is 0 Å². The first-order valence-electron chi connectivity index (χ1n) is 9.72. The molecule has 1 fully saturated rings. The fraction of sp³-hybridized carbons (Fsp3) is 0.409. The molecule has 157 valence electrons. The Morgan fingerprint density at radius 1 is 1.10 bits per heavy atom. The van der Waals surface area contributed by atoms with Gasteiger partial charge in [0.15, 0.2) is 11.5 Å². The van der Waals surface area contributed by atoms with Crippen LogP contribution >= 0.6 is 23.2 Å². The average molecular weight is 438 g/mol. The SMILES string of the molecule is COc1ccccc1OCC(O)CN1C[CH]N(CCc2ccc(Cl)cc2Cl)CC1.